The lowest BCUT2D eigenvalue weighted by atomic mass is 10.0. The van der Waals surface area contributed by atoms with Crippen LogP contribution in [-0.4, -0.2) is 35.5 Å². The van der Waals surface area contributed by atoms with Gasteiger partial charge >= 0.3 is 0 Å². The zero-order valence-electron chi connectivity index (χ0n) is 24.3. The largest absolute Gasteiger partial charge is 0.323 e. The van der Waals surface area contributed by atoms with Crippen LogP contribution in [0.1, 0.15) is 115 Å². The lowest BCUT2D eigenvalue weighted by Gasteiger charge is -2.12. The van der Waals surface area contributed by atoms with Crippen molar-refractivity contribution in [1.29, 1.82) is 0 Å². The first-order valence-corrected chi connectivity index (χ1v) is 18.0. The standard InChI is InChI=1S/C31H46N2O6S2/c1-2-3-4-5-6-7-8-9-10-11-12-13-14-15-16-24-30-32-31-27(21-19-23-29(31)41(37,38)39)33(30)25-26-20-17-18-22-28(26)40(34,35)36/h17-23H,2-16,24-25H2,1H3,(H,34,35,36)(H,37,38,39). The fraction of sp³-hybridized carbons (Fsp3) is 0.581. The summed E-state index contributed by atoms with van der Waals surface area (Å²) in [5.41, 5.74) is 0.987. The first-order chi connectivity index (χ1) is 19.6. The van der Waals surface area contributed by atoms with Gasteiger partial charge < -0.3 is 4.57 Å². The van der Waals surface area contributed by atoms with Gasteiger partial charge in [-0.1, -0.05) is 121 Å². The average molecular weight is 607 g/mol. The molecule has 0 atom stereocenters. The summed E-state index contributed by atoms with van der Waals surface area (Å²) < 4.78 is 69.2. The molecule has 0 fully saturated rings. The van der Waals surface area contributed by atoms with Gasteiger partial charge in [0.05, 0.1) is 17.0 Å². The summed E-state index contributed by atoms with van der Waals surface area (Å²) in [6, 6.07) is 10.7. The molecule has 0 saturated carbocycles. The molecule has 10 heteroatoms. The Kier molecular flexibility index (Phi) is 13.3. The zero-order valence-corrected chi connectivity index (χ0v) is 25.9. The predicted molar refractivity (Wildman–Crippen MR) is 164 cm³/mol. The molecule has 0 saturated heterocycles. The molecule has 41 heavy (non-hydrogen) atoms. The maximum Gasteiger partial charge on any atom is 0.296 e. The number of hydrogen-bond acceptors (Lipinski definition) is 5. The van der Waals surface area contributed by atoms with Gasteiger partial charge in [0, 0.05) is 6.42 Å². The van der Waals surface area contributed by atoms with E-state index in [1.54, 1.807) is 22.8 Å². The number of aromatic nitrogens is 2. The van der Waals surface area contributed by atoms with Crippen LogP contribution in [0.25, 0.3) is 11.0 Å². The van der Waals surface area contributed by atoms with Crippen LogP contribution in [0, 0.1) is 0 Å². The Morgan fingerprint density at radius 3 is 1.66 bits per heavy atom. The Morgan fingerprint density at radius 2 is 1.12 bits per heavy atom. The summed E-state index contributed by atoms with van der Waals surface area (Å²) in [6.45, 7) is 2.33. The van der Waals surface area contributed by atoms with Crippen LogP contribution >= 0.6 is 0 Å². The van der Waals surface area contributed by atoms with Crippen molar-refractivity contribution in [3.05, 3.63) is 53.9 Å². The van der Waals surface area contributed by atoms with Crippen molar-refractivity contribution in [2.75, 3.05) is 0 Å². The van der Waals surface area contributed by atoms with E-state index in [4.69, 9.17) is 0 Å². The second kappa shape index (κ2) is 16.4. The van der Waals surface area contributed by atoms with E-state index in [0.717, 1.165) is 19.3 Å². The molecule has 1 heterocycles. The van der Waals surface area contributed by atoms with Crippen molar-refractivity contribution in [1.82, 2.24) is 9.55 Å². The maximum absolute atomic E-state index is 12.0. The first kappa shape index (κ1) is 33.2. The number of benzene rings is 2. The van der Waals surface area contributed by atoms with Crippen molar-refractivity contribution in [3.63, 3.8) is 0 Å². The van der Waals surface area contributed by atoms with Crippen LogP contribution < -0.4 is 0 Å². The third-order valence-electron chi connectivity index (χ3n) is 7.68. The van der Waals surface area contributed by atoms with Gasteiger partial charge in [0.2, 0.25) is 0 Å². The summed E-state index contributed by atoms with van der Waals surface area (Å²) in [5, 5.41) is 0. The van der Waals surface area contributed by atoms with Crippen LogP contribution in [0.15, 0.2) is 52.3 Å². The number of imidazole rings is 1. The number of hydrogen-bond donors (Lipinski definition) is 2. The van der Waals surface area contributed by atoms with Crippen molar-refractivity contribution < 1.29 is 25.9 Å². The highest BCUT2D eigenvalue weighted by molar-refractivity contribution is 7.86. The minimum atomic E-state index is -4.50. The number of para-hydroxylation sites is 1. The molecular formula is C31H46N2O6S2. The van der Waals surface area contributed by atoms with Crippen LogP contribution in [0.5, 0.6) is 0 Å². The fourth-order valence-corrected chi connectivity index (χ4v) is 6.82. The third kappa shape index (κ3) is 10.5. The predicted octanol–water partition coefficient (Wildman–Crippen LogP) is 7.99. The first-order valence-electron chi connectivity index (χ1n) is 15.1. The Labute approximate surface area is 246 Å². The number of aryl methyl sites for hydroxylation is 1. The van der Waals surface area contributed by atoms with Gasteiger partial charge in [-0.25, -0.2) is 4.98 Å². The van der Waals surface area contributed by atoms with E-state index in [2.05, 4.69) is 11.9 Å². The molecule has 228 valence electrons. The Hall–Kier alpha value is -2.27. The van der Waals surface area contributed by atoms with Crippen molar-refractivity contribution in [2.24, 2.45) is 0 Å². The molecule has 0 bridgehead atoms. The van der Waals surface area contributed by atoms with E-state index in [1.807, 2.05) is 0 Å². The molecule has 0 spiro atoms. The Bertz CT molecular complexity index is 1450. The number of unbranched alkanes of at least 4 members (excludes halogenated alkanes) is 14. The van der Waals surface area contributed by atoms with Crippen LogP contribution in [0.2, 0.25) is 0 Å². The summed E-state index contributed by atoms with van der Waals surface area (Å²) in [7, 11) is -8.95. The van der Waals surface area contributed by atoms with Crippen LogP contribution in [-0.2, 0) is 33.2 Å². The summed E-state index contributed by atoms with van der Waals surface area (Å²) in [5.74, 6) is 0.607. The quantitative estimate of drug-likeness (QED) is 0.0985. The van der Waals surface area contributed by atoms with Gasteiger partial charge in [-0.3, -0.25) is 9.11 Å². The summed E-state index contributed by atoms with van der Waals surface area (Å²) in [4.78, 5) is 4.10. The number of fused-ring (bicyclic) bond motifs is 1. The lowest BCUT2D eigenvalue weighted by molar-refractivity contribution is 0.480. The second-order valence-electron chi connectivity index (χ2n) is 11.0. The monoisotopic (exact) mass is 606 g/mol. The van der Waals surface area contributed by atoms with Crippen molar-refractivity contribution in [3.8, 4) is 0 Å². The molecule has 0 aliphatic rings. The van der Waals surface area contributed by atoms with E-state index in [1.165, 1.54) is 101 Å². The van der Waals surface area contributed by atoms with Crippen LogP contribution in [0.3, 0.4) is 0 Å². The molecule has 0 aliphatic heterocycles. The van der Waals surface area contributed by atoms with E-state index in [-0.39, 0.29) is 21.9 Å². The zero-order chi connectivity index (χ0) is 29.7. The molecule has 3 aromatic rings. The molecular weight excluding hydrogens is 560 g/mol. The van der Waals surface area contributed by atoms with Gasteiger partial charge in [-0.05, 0) is 30.2 Å². The smallest absolute Gasteiger partial charge is 0.296 e. The Balaban J connectivity index is 1.55. The molecule has 8 nitrogen and oxygen atoms in total. The molecule has 0 amide bonds. The summed E-state index contributed by atoms with van der Waals surface area (Å²) >= 11 is 0. The number of nitrogens with zero attached hydrogens (tertiary/aromatic N) is 2. The van der Waals surface area contributed by atoms with Gasteiger partial charge in [0.25, 0.3) is 20.2 Å². The van der Waals surface area contributed by atoms with Crippen molar-refractivity contribution >= 4 is 31.3 Å². The topological polar surface area (TPSA) is 127 Å². The molecule has 3 rings (SSSR count). The van der Waals surface area contributed by atoms with E-state index >= 15 is 0 Å². The minimum Gasteiger partial charge on any atom is -0.323 e. The van der Waals surface area contributed by atoms with Gasteiger partial charge in [0.1, 0.15) is 16.2 Å². The van der Waals surface area contributed by atoms with E-state index in [9.17, 15) is 25.9 Å². The molecule has 2 N–H and O–H groups in total. The van der Waals surface area contributed by atoms with Crippen LogP contribution in [0.4, 0.5) is 0 Å². The molecule has 2 aromatic carbocycles. The van der Waals surface area contributed by atoms with Crippen molar-refractivity contribution in [2.45, 2.75) is 126 Å². The summed E-state index contributed by atoms with van der Waals surface area (Å²) in [6.07, 6.45) is 19.4. The highest BCUT2D eigenvalue weighted by Gasteiger charge is 2.22. The van der Waals surface area contributed by atoms with E-state index < -0.39 is 20.2 Å². The highest BCUT2D eigenvalue weighted by Crippen LogP contribution is 2.27. The molecule has 1 aromatic heterocycles. The molecule has 0 radical (unpaired) electrons. The fourth-order valence-electron chi connectivity index (χ4n) is 5.46. The maximum atomic E-state index is 12.0. The van der Waals surface area contributed by atoms with Gasteiger partial charge in [-0.2, -0.15) is 16.8 Å². The Morgan fingerprint density at radius 1 is 0.634 bits per heavy atom. The average Bonchev–Trinajstić information content (AvgIpc) is 3.27. The van der Waals surface area contributed by atoms with Gasteiger partial charge in [-0.15, -0.1) is 0 Å². The highest BCUT2D eigenvalue weighted by atomic mass is 32.2. The molecule has 0 aliphatic carbocycles. The van der Waals surface area contributed by atoms with Gasteiger partial charge in [0.15, 0.2) is 0 Å². The second-order valence-corrected chi connectivity index (χ2v) is 13.8. The molecule has 0 unspecified atom stereocenters. The normalized spacial score (nSPS) is 12.4. The third-order valence-corrected chi connectivity index (χ3v) is 9.52. The SMILES string of the molecule is CCCCCCCCCCCCCCCCCc1nc2c(S(=O)(=O)O)cccc2n1Cc1ccccc1S(=O)(=O)O. The van der Waals surface area contributed by atoms with E-state index in [0.29, 0.717) is 23.3 Å². The number of rotatable bonds is 20. The lowest BCUT2D eigenvalue weighted by Crippen LogP contribution is -2.10. The minimum absolute atomic E-state index is 0.0788.